The van der Waals surface area contributed by atoms with Gasteiger partial charge in [-0.1, -0.05) is 0 Å². The van der Waals surface area contributed by atoms with Crippen molar-refractivity contribution in [3.63, 3.8) is 0 Å². The van der Waals surface area contributed by atoms with Gasteiger partial charge in [0.15, 0.2) is 0 Å². The Hall–Kier alpha value is 0.240. The monoisotopic (exact) mass is 234 g/mol. The van der Waals surface area contributed by atoms with Gasteiger partial charge in [0.2, 0.25) is 9.05 Å². The minimum absolute atomic E-state index is 0.504. The normalized spacial score (nSPS) is 43.4. The van der Waals surface area contributed by atoms with Crippen LogP contribution < -0.4 is 0 Å². The predicted octanol–water partition coefficient (Wildman–Crippen LogP) is 2.52. The summed E-state index contributed by atoms with van der Waals surface area (Å²) in [5.74, 6) is 2.53. The van der Waals surface area contributed by atoms with E-state index in [4.69, 9.17) is 10.7 Å². The summed E-state index contributed by atoms with van der Waals surface area (Å²) in [6.07, 6.45) is 6.36. The van der Waals surface area contributed by atoms with Crippen molar-refractivity contribution in [1.82, 2.24) is 0 Å². The van der Waals surface area contributed by atoms with Gasteiger partial charge < -0.3 is 0 Å². The van der Waals surface area contributed by atoms with E-state index in [0.717, 1.165) is 31.1 Å². The maximum absolute atomic E-state index is 11.4. The van der Waals surface area contributed by atoms with Crippen LogP contribution in [0.5, 0.6) is 0 Å². The fraction of sp³-hybridized carbons (Fsp3) is 1.00. The maximum Gasteiger partial charge on any atom is 0.238 e. The average Bonchev–Trinajstić information content (AvgIpc) is 2.92. The first kappa shape index (κ1) is 9.46. The van der Waals surface area contributed by atoms with Crippen LogP contribution in [-0.2, 0) is 9.05 Å². The van der Waals surface area contributed by atoms with Gasteiger partial charge in [-0.05, 0) is 56.3 Å². The third-order valence-corrected chi connectivity index (χ3v) is 6.92. The first-order chi connectivity index (χ1) is 6.50. The molecule has 0 amide bonds. The smallest absolute Gasteiger partial charge is 0.212 e. The molecule has 3 aliphatic carbocycles. The summed E-state index contributed by atoms with van der Waals surface area (Å²) in [5, 5.41) is 0. The molecule has 0 aromatic carbocycles. The average molecular weight is 235 g/mol. The van der Waals surface area contributed by atoms with Crippen molar-refractivity contribution in [2.24, 2.45) is 17.8 Å². The van der Waals surface area contributed by atoms with Crippen molar-refractivity contribution in [3.8, 4) is 0 Å². The van der Waals surface area contributed by atoms with E-state index < -0.39 is 13.8 Å². The predicted molar refractivity (Wildman–Crippen MR) is 55.7 cm³/mol. The largest absolute Gasteiger partial charge is 0.238 e. The van der Waals surface area contributed by atoms with Crippen LogP contribution in [0.2, 0.25) is 0 Å². The van der Waals surface area contributed by atoms with Crippen LogP contribution >= 0.6 is 10.7 Å². The molecular formula is C10H15ClO2S. The first-order valence-electron chi connectivity index (χ1n) is 5.44. The Bertz CT molecular complexity index is 348. The van der Waals surface area contributed by atoms with Gasteiger partial charge in [0.25, 0.3) is 0 Å². The Morgan fingerprint density at radius 1 is 1.14 bits per heavy atom. The van der Waals surface area contributed by atoms with E-state index >= 15 is 0 Å². The number of hydrogen-bond acceptors (Lipinski definition) is 2. The van der Waals surface area contributed by atoms with Gasteiger partial charge in [-0.3, -0.25) is 0 Å². The summed E-state index contributed by atoms with van der Waals surface area (Å²) in [7, 11) is 2.18. The zero-order valence-corrected chi connectivity index (χ0v) is 9.65. The van der Waals surface area contributed by atoms with E-state index in [9.17, 15) is 8.42 Å². The number of hydrogen-bond donors (Lipinski definition) is 0. The molecule has 3 fully saturated rings. The summed E-state index contributed by atoms with van der Waals surface area (Å²) in [6.45, 7) is 0. The van der Waals surface area contributed by atoms with E-state index in [-0.39, 0.29) is 0 Å². The number of fused-ring (bicyclic) bond motifs is 1. The molecule has 2 atom stereocenters. The number of rotatable bonds is 3. The maximum atomic E-state index is 11.4. The fourth-order valence-corrected chi connectivity index (χ4v) is 4.90. The summed E-state index contributed by atoms with van der Waals surface area (Å²) < 4.78 is 22.2. The highest BCUT2D eigenvalue weighted by atomic mass is 35.7. The van der Waals surface area contributed by atoms with Crippen LogP contribution in [0.25, 0.3) is 0 Å². The van der Waals surface area contributed by atoms with Gasteiger partial charge >= 0.3 is 0 Å². The van der Waals surface area contributed by atoms with Crippen LogP contribution in [0.15, 0.2) is 0 Å². The minimum Gasteiger partial charge on any atom is -0.212 e. The molecule has 0 aromatic heterocycles. The molecule has 0 saturated heterocycles. The van der Waals surface area contributed by atoms with E-state index in [1.54, 1.807) is 0 Å². The lowest BCUT2D eigenvalue weighted by Gasteiger charge is -2.17. The summed E-state index contributed by atoms with van der Waals surface area (Å²) in [6, 6.07) is 0. The van der Waals surface area contributed by atoms with E-state index in [2.05, 4.69) is 0 Å². The molecule has 4 heteroatoms. The Labute approximate surface area is 89.4 Å². The van der Waals surface area contributed by atoms with Gasteiger partial charge in [-0.15, -0.1) is 0 Å². The molecule has 0 spiro atoms. The SMILES string of the molecule is O=S(=O)(Cl)C1(CC2CC3CC3C2)CC1. The molecule has 0 aliphatic heterocycles. The highest BCUT2D eigenvalue weighted by Crippen LogP contribution is 2.59. The number of halogens is 1. The molecule has 0 aromatic rings. The highest BCUT2D eigenvalue weighted by molar-refractivity contribution is 8.15. The van der Waals surface area contributed by atoms with Gasteiger partial charge in [-0.25, -0.2) is 8.42 Å². The van der Waals surface area contributed by atoms with Crippen molar-refractivity contribution >= 4 is 19.7 Å². The Kier molecular flexibility index (Phi) is 1.81. The lowest BCUT2D eigenvalue weighted by molar-refractivity contribution is 0.431. The van der Waals surface area contributed by atoms with Crippen molar-refractivity contribution in [1.29, 1.82) is 0 Å². The van der Waals surface area contributed by atoms with Crippen molar-refractivity contribution in [2.75, 3.05) is 0 Å². The molecule has 2 nitrogen and oxygen atoms in total. The molecule has 2 unspecified atom stereocenters. The lowest BCUT2D eigenvalue weighted by atomic mass is 9.97. The Morgan fingerprint density at radius 3 is 2.14 bits per heavy atom. The molecule has 80 valence electrons. The summed E-state index contributed by atoms with van der Waals surface area (Å²) in [4.78, 5) is 0. The van der Waals surface area contributed by atoms with Gasteiger partial charge in [0.05, 0.1) is 4.75 Å². The fourth-order valence-electron chi connectivity index (χ4n) is 3.22. The summed E-state index contributed by atoms with van der Waals surface area (Å²) >= 11 is 0. The highest BCUT2D eigenvalue weighted by Gasteiger charge is 2.57. The second-order valence-corrected chi connectivity index (χ2v) is 8.38. The van der Waals surface area contributed by atoms with E-state index in [1.165, 1.54) is 19.3 Å². The molecule has 3 rings (SSSR count). The molecule has 14 heavy (non-hydrogen) atoms. The van der Waals surface area contributed by atoms with E-state index in [1.807, 2.05) is 0 Å². The molecular weight excluding hydrogens is 220 g/mol. The van der Waals surface area contributed by atoms with Crippen LogP contribution in [-0.4, -0.2) is 13.2 Å². The third-order valence-electron chi connectivity index (χ3n) is 4.33. The van der Waals surface area contributed by atoms with Gasteiger partial charge in [-0.2, -0.15) is 0 Å². The lowest BCUT2D eigenvalue weighted by Crippen LogP contribution is -2.21. The third kappa shape index (κ3) is 1.40. The van der Waals surface area contributed by atoms with Crippen LogP contribution in [0.1, 0.15) is 38.5 Å². The van der Waals surface area contributed by atoms with Crippen LogP contribution in [0.4, 0.5) is 0 Å². The van der Waals surface area contributed by atoms with Crippen LogP contribution in [0.3, 0.4) is 0 Å². The molecule has 0 bridgehead atoms. The minimum atomic E-state index is -3.31. The Balaban J connectivity index is 1.67. The second kappa shape index (κ2) is 2.67. The van der Waals surface area contributed by atoms with E-state index in [0.29, 0.717) is 5.92 Å². The van der Waals surface area contributed by atoms with Gasteiger partial charge in [0.1, 0.15) is 0 Å². The zero-order chi connectivity index (χ0) is 9.97. The molecule has 3 saturated carbocycles. The molecule has 0 radical (unpaired) electrons. The first-order valence-corrected chi connectivity index (χ1v) is 7.75. The van der Waals surface area contributed by atoms with Crippen molar-refractivity contribution in [3.05, 3.63) is 0 Å². The summed E-state index contributed by atoms with van der Waals surface area (Å²) in [5.41, 5.74) is 0. The second-order valence-electron chi connectivity index (χ2n) is 5.42. The molecule has 0 N–H and O–H groups in total. The van der Waals surface area contributed by atoms with Crippen LogP contribution in [0, 0.1) is 17.8 Å². The van der Waals surface area contributed by atoms with Crippen molar-refractivity contribution < 1.29 is 8.42 Å². The molecule has 0 heterocycles. The topological polar surface area (TPSA) is 34.1 Å². The Morgan fingerprint density at radius 2 is 1.71 bits per heavy atom. The zero-order valence-electron chi connectivity index (χ0n) is 8.08. The van der Waals surface area contributed by atoms with Gasteiger partial charge in [0, 0.05) is 10.7 Å². The van der Waals surface area contributed by atoms with Crippen molar-refractivity contribution in [2.45, 2.75) is 43.3 Å². The molecule has 3 aliphatic rings. The quantitative estimate of drug-likeness (QED) is 0.704. The standard InChI is InChI=1S/C10H15ClO2S/c11-14(12,13)10(1-2-10)6-7-3-8-5-9(8)4-7/h7-9H,1-6H2.